The van der Waals surface area contributed by atoms with E-state index < -0.39 is 20.7 Å². The van der Waals surface area contributed by atoms with Crippen LogP contribution < -0.4 is 5.32 Å². The zero-order valence-electron chi connectivity index (χ0n) is 11.8. The Labute approximate surface area is 145 Å². The lowest BCUT2D eigenvalue weighted by Crippen LogP contribution is -2.16. The van der Waals surface area contributed by atoms with Gasteiger partial charge in [-0.3, -0.25) is 14.9 Å². The number of hydrogen-bond acceptors (Lipinski definition) is 5. The normalized spacial score (nSPS) is 11.0. The molecule has 0 spiro atoms. The molecule has 1 amide bonds. The number of halogens is 1. The van der Waals surface area contributed by atoms with Gasteiger partial charge in [0.2, 0.25) is 0 Å². The molecule has 0 aliphatic heterocycles. The zero-order chi connectivity index (χ0) is 17.2. The molecule has 2 aromatic carbocycles. The van der Waals surface area contributed by atoms with Crippen LogP contribution in [-0.2, 0) is 9.84 Å². The highest BCUT2D eigenvalue weighted by Crippen LogP contribution is 2.24. The number of carbonyl (C=O) groups is 1. The Morgan fingerprint density at radius 2 is 1.87 bits per heavy atom. The summed E-state index contributed by atoms with van der Waals surface area (Å²) in [6, 6.07) is 9.87. The fourth-order valence-electron chi connectivity index (χ4n) is 1.88. The van der Waals surface area contributed by atoms with Crippen molar-refractivity contribution < 1.29 is 18.1 Å². The highest BCUT2D eigenvalue weighted by Gasteiger charge is 2.19. The molecule has 0 saturated carbocycles. The Hall–Kier alpha value is -2.01. The average molecular weight is 446 g/mol. The van der Waals surface area contributed by atoms with E-state index in [9.17, 15) is 23.3 Å². The van der Waals surface area contributed by atoms with Crippen LogP contribution in [0.4, 0.5) is 11.4 Å². The second-order valence-electron chi connectivity index (χ2n) is 4.64. The van der Waals surface area contributed by atoms with E-state index in [1.165, 1.54) is 24.3 Å². The predicted octanol–water partition coefficient (Wildman–Crippen LogP) is 2.86. The number of hydrogen-bond donors (Lipinski definition) is 1. The van der Waals surface area contributed by atoms with Gasteiger partial charge in [-0.15, -0.1) is 0 Å². The number of rotatable bonds is 4. The van der Waals surface area contributed by atoms with Gasteiger partial charge in [0.15, 0.2) is 9.84 Å². The SMILES string of the molecule is CS(=O)(=O)c1ccccc1NC(=O)c1cc([N+](=O)[O-])ccc1I. The second kappa shape index (κ2) is 6.62. The molecule has 0 aliphatic rings. The number of sulfone groups is 1. The smallest absolute Gasteiger partial charge is 0.270 e. The molecule has 23 heavy (non-hydrogen) atoms. The number of anilines is 1. The lowest BCUT2D eigenvalue weighted by molar-refractivity contribution is -0.384. The van der Waals surface area contributed by atoms with Gasteiger partial charge in [0.05, 0.1) is 21.1 Å². The van der Waals surface area contributed by atoms with E-state index in [2.05, 4.69) is 5.32 Å². The summed E-state index contributed by atoms with van der Waals surface area (Å²) in [5.41, 5.74) is 0.0115. The predicted molar refractivity (Wildman–Crippen MR) is 93.3 cm³/mol. The van der Waals surface area contributed by atoms with Crippen molar-refractivity contribution in [3.8, 4) is 0 Å². The molecule has 0 fully saturated rings. The van der Waals surface area contributed by atoms with E-state index in [1.54, 1.807) is 12.1 Å². The molecule has 0 radical (unpaired) electrons. The summed E-state index contributed by atoms with van der Waals surface area (Å²) >= 11 is 1.88. The van der Waals surface area contributed by atoms with E-state index in [0.29, 0.717) is 3.57 Å². The molecule has 0 atom stereocenters. The molecule has 0 aromatic heterocycles. The first-order valence-corrected chi connectivity index (χ1v) is 9.21. The minimum Gasteiger partial charge on any atom is -0.321 e. The fraction of sp³-hybridized carbons (Fsp3) is 0.0714. The summed E-state index contributed by atoms with van der Waals surface area (Å²) in [5, 5.41) is 13.3. The van der Waals surface area contributed by atoms with E-state index in [4.69, 9.17) is 0 Å². The van der Waals surface area contributed by atoms with Crippen LogP contribution in [0.3, 0.4) is 0 Å². The first-order valence-electron chi connectivity index (χ1n) is 6.24. The topological polar surface area (TPSA) is 106 Å². The summed E-state index contributed by atoms with van der Waals surface area (Å²) in [4.78, 5) is 22.6. The molecule has 0 unspecified atom stereocenters. The molecule has 2 aromatic rings. The van der Waals surface area contributed by atoms with Gasteiger partial charge in [0.25, 0.3) is 11.6 Å². The van der Waals surface area contributed by atoms with Crippen LogP contribution in [0.2, 0.25) is 0 Å². The van der Waals surface area contributed by atoms with Crippen LogP contribution in [0.15, 0.2) is 47.4 Å². The van der Waals surface area contributed by atoms with Gasteiger partial charge >= 0.3 is 0 Å². The molecular formula is C14H11IN2O5S. The van der Waals surface area contributed by atoms with Gasteiger partial charge in [0.1, 0.15) is 0 Å². The third kappa shape index (κ3) is 4.05. The van der Waals surface area contributed by atoms with Gasteiger partial charge in [-0.2, -0.15) is 0 Å². The van der Waals surface area contributed by atoms with Gasteiger partial charge in [0, 0.05) is 22.0 Å². The third-order valence-electron chi connectivity index (χ3n) is 2.94. The van der Waals surface area contributed by atoms with Crippen LogP contribution in [0.25, 0.3) is 0 Å². The van der Waals surface area contributed by atoms with Crippen molar-refractivity contribution in [1.82, 2.24) is 0 Å². The second-order valence-corrected chi connectivity index (χ2v) is 7.79. The Morgan fingerprint density at radius 1 is 1.22 bits per heavy atom. The van der Waals surface area contributed by atoms with Gasteiger partial charge in [-0.25, -0.2) is 8.42 Å². The largest absolute Gasteiger partial charge is 0.321 e. The fourth-order valence-corrected chi connectivity index (χ4v) is 3.31. The monoisotopic (exact) mass is 446 g/mol. The van der Waals surface area contributed by atoms with Gasteiger partial charge < -0.3 is 5.32 Å². The number of nitrogens with one attached hydrogen (secondary N) is 1. The Kier molecular flexibility index (Phi) is 5.00. The summed E-state index contributed by atoms with van der Waals surface area (Å²) < 4.78 is 24.0. The van der Waals surface area contributed by atoms with E-state index in [1.807, 2.05) is 22.6 Å². The van der Waals surface area contributed by atoms with Crippen molar-refractivity contribution in [3.63, 3.8) is 0 Å². The summed E-state index contributed by atoms with van der Waals surface area (Å²) in [6.07, 6.45) is 1.04. The average Bonchev–Trinajstić information content (AvgIpc) is 2.46. The molecule has 120 valence electrons. The Bertz CT molecular complexity index is 896. The molecule has 9 heteroatoms. The first kappa shape index (κ1) is 17.3. The maximum atomic E-state index is 12.4. The van der Waals surface area contributed by atoms with Gasteiger partial charge in [-0.1, -0.05) is 12.1 Å². The van der Waals surface area contributed by atoms with E-state index in [0.717, 1.165) is 12.3 Å². The Balaban J connectivity index is 2.41. The lowest BCUT2D eigenvalue weighted by atomic mass is 10.2. The molecular weight excluding hydrogens is 435 g/mol. The molecule has 0 saturated heterocycles. The van der Waals surface area contributed by atoms with Crippen molar-refractivity contribution in [2.24, 2.45) is 0 Å². The lowest BCUT2D eigenvalue weighted by Gasteiger charge is -2.10. The number of benzene rings is 2. The van der Waals surface area contributed by atoms with Crippen LogP contribution in [0.5, 0.6) is 0 Å². The molecule has 7 nitrogen and oxygen atoms in total. The quantitative estimate of drug-likeness (QED) is 0.442. The highest BCUT2D eigenvalue weighted by atomic mass is 127. The van der Waals surface area contributed by atoms with Crippen molar-refractivity contribution in [2.75, 3.05) is 11.6 Å². The van der Waals surface area contributed by atoms with Crippen molar-refractivity contribution >= 4 is 49.7 Å². The number of amides is 1. The van der Waals surface area contributed by atoms with Crippen molar-refractivity contribution in [1.29, 1.82) is 0 Å². The maximum absolute atomic E-state index is 12.4. The molecule has 1 N–H and O–H groups in total. The van der Waals surface area contributed by atoms with Crippen molar-refractivity contribution in [3.05, 3.63) is 61.7 Å². The van der Waals surface area contributed by atoms with Crippen molar-refractivity contribution in [2.45, 2.75) is 4.90 Å². The molecule has 0 bridgehead atoms. The van der Waals surface area contributed by atoms with Gasteiger partial charge in [-0.05, 0) is 40.8 Å². The zero-order valence-corrected chi connectivity index (χ0v) is 14.8. The number of carbonyl (C=O) groups excluding carboxylic acids is 1. The van der Waals surface area contributed by atoms with Crippen LogP contribution in [0, 0.1) is 13.7 Å². The molecule has 2 rings (SSSR count). The number of nitrogens with zero attached hydrogens (tertiary/aromatic N) is 1. The third-order valence-corrected chi connectivity index (χ3v) is 5.04. The number of non-ortho nitro benzene ring substituents is 1. The number of nitro groups is 1. The van der Waals surface area contributed by atoms with Crippen LogP contribution in [0.1, 0.15) is 10.4 Å². The Morgan fingerprint density at radius 3 is 2.48 bits per heavy atom. The summed E-state index contributed by atoms with van der Waals surface area (Å²) in [7, 11) is -3.52. The highest BCUT2D eigenvalue weighted by molar-refractivity contribution is 14.1. The molecule has 0 heterocycles. The standard InChI is InChI=1S/C14H11IN2O5S/c1-23(21,22)13-5-3-2-4-12(13)16-14(18)10-8-9(17(19)20)6-7-11(10)15/h2-8H,1H3,(H,16,18). The molecule has 0 aliphatic carbocycles. The minimum absolute atomic E-state index is 0.0196. The number of para-hydroxylation sites is 1. The van der Waals surface area contributed by atoms with Crippen LogP contribution >= 0.6 is 22.6 Å². The van der Waals surface area contributed by atoms with E-state index in [-0.39, 0.29) is 21.8 Å². The minimum atomic E-state index is -3.52. The number of nitro benzene ring substituents is 1. The first-order chi connectivity index (χ1) is 10.7. The summed E-state index contributed by atoms with van der Waals surface area (Å²) in [5.74, 6) is -0.616. The van der Waals surface area contributed by atoms with E-state index >= 15 is 0 Å². The maximum Gasteiger partial charge on any atom is 0.270 e. The summed E-state index contributed by atoms with van der Waals surface area (Å²) in [6.45, 7) is 0. The van der Waals surface area contributed by atoms with Crippen LogP contribution in [-0.4, -0.2) is 25.5 Å².